The fourth-order valence-electron chi connectivity index (χ4n) is 2.72. The van der Waals surface area contributed by atoms with Crippen LogP contribution in [0.1, 0.15) is 6.92 Å². The van der Waals surface area contributed by atoms with E-state index in [2.05, 4.69) is 15.5 Å². The number of carbonyl (C=O) groups is 1. The highest BCUT2D eigenvalue weighted by Crippen LogP contribution is 2.13. The monoisotopic (exact) mass is 375 g/mol. The molecule has 0 fully saturated rings. The molecule has 2 aromatic heterocycles. The summed E-state index contributed by atoms with van der Waals surface area (Å²) < 4.78 is 8.18. The minimum atomic E-state index is -0.794. The van der Waals surface area contributed by atoms with Crippen molar-refractivity contribution in [2.75, 3.05) is 5.43 Å². The molecule has 0 radical (unpaired) electrons. The van der Waals surface area contributed by atoms with Gasteiger partial charge in [0.25, 0.3) is 11.5 Å². The Morgan fingerprint density at radius 2 is 1.75 bits per heavy atom. The summed E-state index contributed by atoms with van der Waals surface area (Å²) in [4.78, 5) is 29.4. The first kappa shape index (κ1) is 17.5. The number of nitrogens with zero attached hydrogens (tertiary/aromatic N) is 4. The van der Waals surface area contributed by atoms with Gasteiger partial charge in [-0.2, -0.15) is 5.10 Å². The summed E-state index contributed by atoms with van der Waals surface area (Å²) in [7, 11) is 0. The Morgan fingerprint density at radius 3 is 2.46 bits per heavy atom. The predicted molar refractivity (Wildman–Crippen MR) is 104 cm³/mol. The first-order chi connectivity index (χ1) is 13.6. The Bertz CT molecular complexity index is 1170. The molecule has 4 aromatic rings. The summed E-state index contributed by atoms with van der Waals surface area (Å²) in [6, 6.07) is 18.4. The van der Waals surface area contributed by atoms with Crippen LogP contribution in [0.15, 0.2) is 78.0 Å². The van der Waals surface area contributed by atoms with Crippen molar-refractivity contribution < 1.29 is 9.53 Å². The van der Waals surface area contributed by atoms with Crippen molar-refractivity contribution in [1.82, 2.24) is 19.4 Å². The summed E-state index contributed by atoms with van der Waals surface area (Å²) in [5.41, 5.74) is 3.29. The third-order valence-corrected chi connectivity index (χ3v) is 4.15. The summed E-state index contributed by atoms with van der Waals surface area (Å²) >= 11 is 0. The number of amides is 1. The van der Waals surface area contributed by atoms with Crippen LogP contribution in [0.5, 0.6) is 5.75 Å². The van der Waals surface area contributed by atoms with Crippen molar-refractivity contribution in [3.8, 4) is 11.4 Å². The molecule has 0 saturated carbocycles. The Morgan fingerprint density at radius 1 is 1.07 bits per heavy atom. The first-order valence-electron chi connectivity index (χ1n) is 8.67. The molecular weight excluding hydrogens is 358 g/mol. The zero-order valence-corrected chi connectivity index (χ0v) is 15.0. The fourth-order valence-corrected chi connectivity index (χ4v) is 2.72. The third kappa shape index (κ3) is 3.35. The molecule has 1 N–H and O–H groups in total. The van der Waals surface area contributed by atoms with Crippen molar-refractivity contribution >= 4 is 16.9 Å². The average Bonchev–Trinajstić information content (AvgIpc) is 3.16. The standard InChI is InChI=1S/C20H17N5O3/c1-14(28-16-10-6-3-7-11-16)19(26)23-24-13-21-18-17(20(24)27)12-22-25(18)15-8-4-2-5-9-15/h2-14H,1H3,(H,23,26)/t14-/m0/s1. The summed E-state index contributed by atoms with van der Waals surface area (Å²) in [5.74, 6) is 0.0952. The minimum Gasteiger partial charge on any atom is -0.481 e. The van der Waals surface area contributed by atoms with Gasteiger partial charge < -0.3 is 4.74 Å². The maximum Gasteiger partial charge on any atom is 0.283 e. The van der Waals surface area contributed by atoms with E-state index in [1.54, 1.807) is 23.7 Å². The van der Waals surface area contributed by atoms with Gasteiger partial charge in [0, 0.05) is 0 Å². The number of hydrogen-bond acceptors (Lipinski definition) is 5. The molecular formula is C20H17N5O3. The van der Waals surface area contributed by atoms with Crippen LogP contribution in [0, 0.1) is 0 Å². The predicted octanol–water partition coefficient (Wildman–Crippen LogP) is 2.12. The molecule has 0 unspecified atom stereocenters. The van der Waals surface area contributed by atoms with Gasteiger partial charge >= 0.3 is 0 Å². The van der Waals surface area contributed by atoms with Gasteiger partial charge in [-0.3, -0.25) is 15.0 Å². The highest BCUT2D eigenvalue weighted by molar-refractivity contribution is 5.88. The number of fused-ring (bicyclic) bond motifs is 1. The zero-order valence-electron chi connectivity index (χ0n) is 15.0. The van der Waals surface area contributed by atoms with E-state index in [1.165, 1.54) is 12.5 Å². The molecule has 140 valence electrons. The van der Waals surface area contributed by atoms with E-state index in [0.29, 0.717) is 16.8 Å². The van der Waals surface area contributed by atoms with E-state index in [9.17, 15) is 9.59 Å². The van der Waals surface area contributed by atoms with Gasteiger partial charge in [-0.15, -0.1) is 0 Å². The van der Waals surface area contributed by atoms with Crippen LogP contribution in [0.3, 0.4) is 0 Å². The van der Waals surface area contributed by atoms with Gasteiger partial charge in [-0.25, -0.2) is 14.3 Å². The number of carbonyl (C=O) groups excluding carboxylic acids is 1. The molecule has 2 aromatic carbocycles. The SMILES string of the molecule is C[C@H](Oc1ccccc1)C(=O)Nn1cnc2c(cnn2-c2ccccc2)c1=O. The maximum atomic E-state index is 12.7. The van der Waals surface area contributed by atoms with Gasteiger partial charge in [0.2, 0.25) is 0 Å². The number of hydrogen-bond donors (Lipinski definition) is 1. The molecule has 0 aliphatic rings. The second-order valence-electron chi connectivity index (χ2n) is 6.10. The van der Waals surface area contributed by atoms with Crippen LogP contribution in [-0.2, 0) is 4.79 Å². The van der Waals surface area contributed by atoms with Crippen LogP contribution < -0.4 is 15.7 Å². The van der Waals surface area contributed by atoms with Crippen molar-refractivity contribution in [3.05, 3.63) is 83.5 Å². The van der Waals surface area contributed by atoms with Crippen LogP contribution in [-0.4, -0.2) is 31.5 Å². The van der Waals surface area contributed by atoms with Gasteiger partial charge in [0.1, 0.15) is 17.5 Å². The number of ether oxygens (including phenoxy) is 1. The maximum absolute atomic E-state index is 12.7. The smallest absolute Gasteiger partial charge is 0.283 e. The van der Waals surface area contributed by atoms with Gasteiger partial charge in [0.05, 0.1) is 11.9 Å². The Kier molecular flexibility index (Phi) is 4.59. The van der Waals surface area contributed by atoms with E-state index in [4.69, 9.17) is 4.74 Å². The highest BCUT2D eigenvalue weighted by atomic mass is 16.5. The molecule has 4 rings (SSSR count). The molecule has 0 spiro atoms. The molecule has 2 heterocycles. The molecule has 8 heteroatoms. The molecule has 0 aliphatic carbocycles. The van der Waals surface area contributed by atoms with Crippen LogP contribution in [0.2, 0.25) is 0 Å². The molecule has 28 heavy (non-hydrogen) atoms. The lowest BCUT2D eigenvalue weighted by Crippen LogP contribution is -2.39. The average molecular weight is 375 g/mol. The van der Waals surface area contributed by atoms with Gasteiger partial charge in [-0.05, 0) is 31.2 Å². The quantitative estimate of drug-likeness (QED) is 0.577. The molecule has 0 saturated heterocycles. The zero-order chi connectivity index (χ0) is 19.5. The fraction of sp³-hybridized carbons (Fsp3) is 0.100. The lowest BCUT2D eigenvalue weighted by Gasteiger charge is -2.15. The first-order valence-corrected chi connectivity index (χ1v) is 8.67. The Balaban J connectivity index is 1.57. The lowest BCUT2D eigenvalue weighted by atomic mass is 10.3. The number of rotatable bonds is 5. The van der Waals surface area contributed by atoms with E-state index in [0.717, 1.165) is 10.4 Å². The third-order valence-electron chi connectivity index (χ3n) is 4.15. The highest BCUT2D eigenvalue weighted by Gasteiger charge is 2.17. The number of benzene rings is 2. The van der Waals surface area contributed by atoms with E-state index in [-0.39, 0.29) is 0 Å². The largest absolute Gasteiger partial charge is 0.481 e. The Hall–Kier alpha value is -3.94. The van der Waals surface area contributed by atoms with E-state index >= 15 is 0 Å². The topological polar surface area (TPSA) is 91.0 Å². The van der Waals surface area contributed by atoms with Gasteiger partial charge in [-0.1, -0.05) is 36.4 Å². The second kappa shape index (κ2) is 7.36. The molecule has 1 atom stereocenters. The second-order valence-corrected chi connectivity index (χ2v) is 6.10. The van der Waals surface area contributed by atoms with E-state index < -0.39 is 17.6 Å². The minimum absolute atomic E-state index is 0.295. The van der Waals surface area contributed by atoms with Crippen molar-refractivity contribution in [2.24, 2.45) is 0 Å². The van der Waals surface area contributed by atoms with Crippen LogP contribution >= 0.6 is 0 Å². The summed E-state index contributed by atoms with van der Waals surface area (Å²) in [5, 5.41) is 4.54. The van der Waals surface area contributed by atoms with Gasteiger partial charge in [0.15, 0.2) is 11.8 Å². The Labute approximate surface area is 160 Å². The number of para-hydroxylation sites is 2. The summed E-state index contributed by atoms with van der Waals surface area (Å²) in [6.45, 7) is 1.60. The molecule has 0 bridgehead atoms. The summed E-state index contributed by atoms with van der Waals surface area (Å²) in [6.07, 6.45) is 1.90. The number of nitrogens with one attached hydrogen (secondary N) is 1. The normalized spacial score (nSPS) is 11.9. The van der Waals surface area contributed by atoms with E-state index in [1.807, 2.05) is 48.5 Å². The van der Waals surface area contributed by atoms with Crippen LogP contribution in [0.25, 0.3) is 16.7 Å². The van der Waals surface area contributed by atoms with Crippen LogP contribution in [0.4, 0.5) is 0 Å². The number of aromatic nitrogens is 4. The lowest BCUT2D eigenvalue weighted by molar-refractivity contribution is -0.123. The molecule has 8 nitrogen and oxygen atoms in total. The van der Waals surface area contributed by atoms with Crippen molar-refractivity contribution in [2.45, 2.75) is 13.0 Å². The van der Waals surface area contributed by atoms with Crippen molar-refractivity contribution in [3.63, 3.8) is 0 Å². The van der Waals surface area contributed by atoms with Crippen molar-refractivity contribution in [1.29, 1.82) is 0 Å². The molecule has 0 aliphatic heterocycles. The molecule has 1 amide bonds.